The molecule has 3 atom stereocenters. The van der Waals surface area contributed by atoms with Gasteiger partial charge in [0, 0.05) is 35.3 Å². The van der Waals surface area contributed by atoms with Gasteiger partial charge in [-0.15, -0.1) is 0 Å². The zero-order valence-electron chi connectivity index (χ0n) is 14.1. The van der Waals surface area contributed by atoms with E-state index in [0.717, 1.165) is 42.2 Å². The van der Waals surface area contributed by atoms with Gasteiger partial charge in [0.05, 0.1) is 6.20 Å². The Morgan fingerprint density at radius 3 is 2.78 bits per heavy atom. The van der Waals surface area contributed by atoms with Crippen molar-refractivity contribution < 1.29 is 0 Å². The van der Waals surface area contributed by atoms with Crippen molar-refractivity contribution in [2.75, 3.05) is 5.32 Å². The fourth-order valence-electron chi connectivity index (χ4n) is 3.97. The summed E-state index contributed by atoms with van der Waals surface area (Å²) in [6, 6.07) is 3.00. The first-order chi connectivity index (χ1) is 11.1. The summed E-state index contributed by atoms with van der Waals surface area (Å²) in [7, 11) is 0. The third-order valence-corrected chi connectivity index (χ3v) is 5.82. The Morgan fingerprint density at radius 1 is 1.30 bits per heavy atom. The zero-order chi connectivity index (χ0) is 16.0. The van der Waals surface area contributed by atoms with Crippen LogP contribution >= 0.6 is 0 Å². The van der Waals surface area contributed by atoms with Crippen LogP contribution in [-0.4, -0.2) is 26.7 Å². The largest absolute Gasteiger partial charge is 0.367 e. The Morgan fingerprint density at radius 2 is 2.13 bits per heavy atom. The second-order valence-electron chi connectivity index (χ2n) is 7.52. The zero-order valence-corrected chi connectivity index (χ0v) is 14.1. The molecular weight excluding hydrogens is 286 g/mol. The van der Waals surface area contributed by atoms with Gasteiger partial charge >= 0.3 is 0 Å². The van der Waals surface area contributed by atoms with Crippen molar-refractivity contribution in [3.05, 3.63) is 23.5 Å². The summed E-state index contributed by atoms with van der Waals surface area (Å²) in [5.41, 5.74) is 9.39. The summed E-state index contributed by atoms with van der Waals surface area (Å²) in [6.45, 7) is 4.41. The van der Waals surface area contributed by atoms with E-state index in [4.69, 9.17) is 10.7 Å². The Balaban J connectivity index is 1.69. The van der Waals surface area contributed by atoms with Gasteiger partial charge in [0.15, 0.2) is 5.65 Å². The Kier molecular flexibility index (Phi) is 3.76. The predicted octanol–water partition coefficient (Wildman–Crippen LogP) is 3.23. The molecule has 0 saturated heterocycles. The molecule has 5 heteroatoms. The van der Waals surface area contributed by atoms with Crippen LogP contribution < -0.4 is 11.1 Å². The van der Waals surface area contributed by atoms with Gasteiger partial charge in [-0.25, -0.2) is 4.98 Å². The monoisotopic (exact) mass is 313 g/mol. The smallest absolute Gasteiger partial charge is 0.160 e. The lowest BCUT2D eigenvalue weighted by atomic mass is 9.75. The molecule has 2 aliphatic carbocycles. The van der Waals surface area contributed by atoms with E-state index in [-0.39, 0.29) is 0 Å². The van der Waals surface area contributed by atoms with Crippen LogP contribution in [0.4, 0.5) is 5.82 Å². The first-order valence-electron chi connectivity index (χ1n) is 8.99. The number of rotatable bonds is 4. The number of nitrogens with one attached hydrogen (secondary N) is 1. The highest BCUT2D eigenvalue weighted by Crippen LogP contribution is 2.39. The molecule has 0 bridgehead atoms. The van der Waals surface area contributed by atoms with E-state index < -0.39 is 0 Å². The highest BCUT2D eigenvalue weighted by Gasteiger charge is 2.28. The molecule has 0 spiro atoms. The van der Waals surface area contributed by atoms with E-state index in [9.17, 15) is 0 Å². The van der Waals surface area contributed by atoms with Crippen molar-refractivity contribution >= 4 is 11.5 Å². The van der Waals surface area contributed by atoms with Crippen molar-refractivity contribution in [2.24, 2.45) is 11.7 Å². The second kappa shape index (κ2) is 5.78. The molecule has 4 rings (SSSR count). The molecule has 2 aromatic heterocycles. The normalized spacial score (nSPS) is 26.4. The summed E-state index contributed by atoms with van der Waals surface area (Å²) in [5, 5.41) is 8.20. The molecule has 5 nitrogen and oxygen atoms in total. The SMILES string of the molecule is Cc1cnn2c(N[C@H]3CC[C@H](N)C3)cc([C@@H](C)C3CCC3)nc12. The first kappa shape index (κ1) is 14.9. The Bertz CT molecular complexity index is 703. The maximum absolute atomic E-state index is 6.06. The molecular formula is C18H27N5. The minimum absolute atomic E-state index is 0.331. The number of fused-ring (bicyclic) bond motifs is 1. The summed E-state index contributed by atoms with van der Waals surface area (Å²) in [6.07, 6.45) is 9.24. The lowest BCUT2D eigenvalue weighted by Crippen LogP contribution is -2.23. The molecule has 0 radical (unpaired) electrons. The number of hydrogen-bond acceptors (Lipinski definition) is 4. The molecule has 3 N–H and O–H groups in total. The van der Waals surface area contributed by atoms with E-state index in [2.05, 4.69) is 30.3 Å². The minimum Gasteiger partial charge on any atom is -0.367 e. The highest BCUT2D eigenvalue weighted by molar-refractivity contribution is 5.54. The Hall–Kier alpha value is -1.62. The average Bonchev–Trinajstić information content (AvgIpc) is 3.04. The van der Waals surface area contributed by atoms with Gasteiger partial charge in [-0.05, 0) is 44.9 Å². The topological polar surface area (TPSA) is 68.2 Å². The number of aryl methyl sites for hydroxylation is 1. The van der Waals surface area contributed by atoms with Crippen LogP contribution in [0.2, 0.25) is 0 Å². The maximum Gasteiger partial charge on any atom is 0.160 e. The summed E-state index contributed by atoms with van der Waals surface area (Å²) >= 11 is 0. The average molecular weight is 313 g/mol. The van der Waals surface area contributed by atoms with E-state index in [0.29, 0.717) is 18.0 Å². The van der Waals surface area contributed by atoms with Gasteiger partial charge in [-0.1, -0.05) is 13.3 Å². The van der Waals surface area contributed by atoms with Crippen LogP contribution in [0.5, 0.6) is 0 Å². The number of nitrogens with two attached hydrogens (primary N) is 1. The van der Waals surface area contributed by atoms with Crippen molar-refractivity contribution in [1.29, 1.82) is 0 Å². The van der Waals surface area contributed by atoms with E-state index >= 15 is 0 Å². The number of aromatic nitrogens is 3. The lowest BCUT2D eigenvalue weighted by Gasteiger charge is -2.31. The van der Waals surface area contributed by atoms with Crippen LogP contribution in [0.1, 0.15) is 62.6 Å². The number of hydrogen-bond donors (Lipinski definition) is 2. The highest BCUT2D eigenvalue weighted by atomic mass is 15.3. The van der Waals surface area contributed by atoms with Crippen LogP contribution in [0.15, 0.2) is 12.3 Å². The van der Waals surface area contributed by atoms with E-state index in [1.807, 2.05) is 10.7 Å². The molecule has 0 aliphatic heterocycles. The fraction of sp³-hybridized carbons (Fsp3) is 0.667. The van der Waals surface area contributed by atoms with Crippen LogP contribution in [0.25, 0.3) is 5.65 Å². The minimum atomic E-state index is 0.331. The molecule has 2 heterocycles. The van der Waals surface area contributed by atoms with Crippen molar-refractivity contribution in [3.63, 3.8) is 0 Å². The molecule has 0 unspecified atom stereocenters. The molecule has 23 heavy (non-hydrogen) atoms. The standard InChI is InChI=1S/C18H27N5/c1-11-10-20-23-17(21-15-7-6-14(19)8-15)9-16(22-18(11)23)12(2)13-4-3-5-13/h9-10,12-15,21H,3-8,19H2,1-2H3/t12-,14-,15-/m0/s1. The van der Waals surface area contributed by atoms with Crippen LogP contribution in [-0.2, 0) is 0 Å². The predicted molar refractivity (Wildman–Crippen MR) is 92.7 cm³/mol. The van der Waals surface area contributed by atoms with Gasteiger partial charge in [-0.2, -0.15) is 9.61 Å². The van der Waals surface area contributed by atoms with Gasteiger partial charge < -0.3 is 11.1 Å². The van der Waals surface area contributed by atoms with Crippen molar-refractivity contribution in [3.8, 4) is 0 Å². The van der Waals surface area contributed by atoms with Gasteiger partial charge in [0.2, 0.25) is 0 Å². The Labute approximate surface area is 137 Å². The fourth-order valence-corrected chi connectivity index (χ4v) is 3.97. The van der Waals surface area contributed by atoms with Gasteiger partial charge in [0.25, 0.3) is 0 Å². The molecule has 0 aromatic carbocycles. The molecule has 2 fully saturated rings. The van der Waals surface area contributed by atoms with E-state index in [1.54, 1.807) is 0 Å². The summed E-state index contributed by atoms with van der Waals surface area (Å²) in [4.78, 5) is 4.92. The van der Waals surface area contributed by atoms with Crippen LogP contribution in [0.3, 0.4) is 0 Å². The van der Waals surface area contributed by atoms with E-state index in [1.165, 1.54) is 25.0 Å². The van der Waals surface area contributed by atoms with Gasteiger partial charge in [-0.3, -0.25) is 0 Å². The first-order valence-corrected chi connectivity index (χ1v) is 8.99. The number of anilines is 1. The molecule has 2 aromatic rings. The maximum atomic E-state index is 6.06. The molecule has 0 amide bonds. The summed E-state index contributed by atoms with van der Waals surface area (Å²) in [5.74, 6) is 2.39. The van der Waals surface area contributed by atoms with Crippen molar-refractivity contribution in [2.45, 2.75) is 70.4 Å². The molecule has 2 aliphatic rings. The lowest BCUT2D eigenvalue weighted by molar-refractivity contribution is 0.269. The quantitative estimate of drug-likeness (QED) is 0.909. The summed E-state index contributed by atoms with van der Waals surface area (Å²) < 4.78 is 1.95. The second-order valence-corrected chi connectivity index (χ2v) is 7.52. The van der Waals surface area contributed by atoms with Crippen molar-refractivity contribution in [1.82, 2.24) is 14.6 Å². The molecule has 2 saturated carbocycles. The number of nitrogens with zero attached hydrogens (tertiary/aromatic N) is 3. The van der Waals surface area contributed by atoms with Gasteiger partial charge in [0.1, 0.15) is 5.82 Å². The third kappa shape index (κ3) is 2.71. The molecule has 124 valence electrons. The third-order valence-electron chi connectivity index (χ3n) is 5.82. The van der Waals surface area contributed by atoms with Crippen LogP contribution in [0, 0.1) is 12.8 Å².